The van der Waals surface area contributed by atoms with Gasteiger partial charge in [-0.25, -0.2) is 4.79 Å². The van der Waals surface area contributed by atoms with E-state index in [2.05, 4.69) is 6.92 Å². The Hall–Kier alpha value is 0.340. The first-order chi connectivity index (χ1) is 5.92. The zero-order valence-corrected chi connectivity index (χ0v) is 9.66. The molecule has 0 aliphatic heterocycles. The fourth-order valence-corrected chi connectivity index (χ4v) is 1.35. The van der Waals surface area contributed by atoms with Gasteiger partial charge in [0.1, 0.15) is 0 Å². The Kier molecular flexibility index (Phi) is 6.10. The van der Waals surface area contributed by atoms with Crippen LogP contribution in [-0.4, -0.2) is 20.8 Å². The molecular formula is C8H13Cl3O2. The van der Waals surface area contributed by atoms with Gasteiger partial charge >= 0.3 is 5.97 Å². The highest BCUT2D eigenvalue weighted by Gasteiger charge is 2.41. The second kappa shape index (κ2) is 5.94. The second-order valence-electron chi connectivity index (χ2n) is 2.89. The number of carboxylic acids is 1. The van der Waals surface area contributed by atoms with Gasteiger partial charge in [0.25, 0.3) is 0 Å². The molecule has 2 nitrogen and oxygen atoms in total. The van der Waals surface area contributed by atoms with Crippen molar-refractivity contribution in [1.82, 2.24) is 0 Å². The van der Waals surface area contributed by atoms with Crippen molar-refractivity contribution in [2.45, 2.75) is 42.3 Å². The zero-order valence-electron chi connectivity index (χ0n) is 7.40. The third-order valence-electron chi connectivity index (χ3n) is 1.74. The van der Waals surface area contributed by atoms with Crippen LogP contribution >= 0.6 is 34.8 Å². The van der Waals surface area contributed by atoms with Crippen LogP contribution in [0.25, 0.3) is 0 Å². The molecule has 0 heterocycles. The molecule has 13 heavy (non-hydrogen) atoms. The molecule has 0 aromatic rings. The van der Waals surface area contributed by atoms with Crippen LogP contribution in [0, 0.1) is 0 Å². The van der Waals surface area contributed by atoms with E-state index in [9.17, 15) is 4.79 Å². The quantitative estimate of drug-likeness (QED) is 0.577. The molecular weight excluding hydrogens is 234 g/mol. The molecule has 0 saturated carbocycles. The Bertz CT molecular complexity index is 171. The summed E-state index contributed by atoms with van der Waals surface area (Å²) in [4.78, 5) is 10.5. The minimum atomic E-state index is -1.87. The lowest BCUT2D eigenvalue weighted by atomic mass is 10.1. The number of aliphatic carboxylic acids is 1. The Balaban J connectivity index is 3.94. The summed E-state index contributed by atoms with van der Waals surface area (Å²) >= 11 is 16.8. The molecule has 0 aliphatic rings. The number of carbonyl (C=O) groups is 1. The number of carboxylic acid groups (broad SMARTS) is 1. The van der Waals surface area contributed by atoms with E-state index in [-0.39, 0.29) is 0 Å². The van der Waals surface area contributed by atoms with E-state index in [4.69, 9.17) is 39.9 Å². The molecule has 78 valence electrons. The van der Waals surface area contributed by atoms with Gasteiger partial charge in [0, 0.05) is 0 Å². The minimum absolute atomic E-state index is 0.523. The summed E-state index contributed by atoms with van der Waals surface area (Å²) in [6.45, 7) is 2.05. The highest BCUT2D eigenvalue weighted by atomic mass is 35.5. The summed E-state index contributed by atoms with van der Waals surface area (Å²) in [6.07, 6.45) is 3.43. The van der Waals surface area contributed by atoms with Crippen LogP contribution in [0.2, 0.25) is 0 Å². The molecule has 1 unspecified atom stereocenters. The SMILES string of the molecule is CCCCCC(Cl)C(Cl)(Cl)C(=O)O. The lowest BCUT2D eigenvalue weighted by molar-refractivity contribution is -0.137. The maximum absolute atomic E-state index is 10.5. The second-order valence-corrected chi connectivity index (χ2v) is 4.80. The van der Waals surface area contributed by atoms with Gasteiger partial charge in [0.2, 0.25) is 4.33 Å². The molecule has 1 N–H and O–H groups in total. The van der Waals surface area contributed by atoms with Crippen LogP contribution in [0.15, 0.2) is 0 Å². The van der Waals surface area contributed by atoms with E-state index in [1.165, 1.54) is 0 Å². The normalized spacial score (nSPS) is 14.2. The third-order valence-corrected chi connectivity index (χ3v) is 3.36. The van der Waals surface area contributed by atoms with Crippen molar-refractivity contribution >= 4 is 40.8 Å². The summed E-state index contributed by atoms with van der Waals surface area (Å²) in [6, 6.07) is 0. The van der Waals surface area contributed by atoms with Crippen LogP contribution < -0.4 is 0 Å². The summed E-state index contributed by atoms with van der Waals surface area (Å²) in [7, 11) is 0. The standard InChI is InChI=1S/C8H13Cl3O2/c1-2-3-4-5-6(9)8(10,11)7(12)13/h6H,2-5H2,1H3,(H,12,13). The molecule has 5 heteroatoms. The summed E-state index contributed by atoms with van der Waals surface area (Å²) in [5.74, 6) is -1.28. The van der Waals surface area contributed by atoms with E-state index in [0.29, 0.717) is 6.42 Å². The van der Waals surface area contributed by atoms with Crippen molar-refractivity contribution in [3.8, 4) is 0 Å². The lowest BCUT2D eigenvalue weighted by Gasteiger charge is -2.20. The monoisotopic (exact) mass is 246 g/mol. The van der Waals surface area contributed by atoms with Gasteiger partial charge < -0.3 is 5.11 Å². The van der Waals surface area contributed by atoms with Gasteiger partial charge in [0.05, 0.1) is 5.38 Å². The van der Waals surface area contributed by atoms with Crippen molar-refractivity contribution in [3.05, 3.63) is 0 Å². The first kappa shape index (κ1) is 13.3. The van der Waals surface area contributed by atoms with Crippen LogP contribution in [0.3, 0.4) is 0 Å². The highest BCUT2D eigenvalue weighted by Crippen LogP contribution is 2.32. The van der Waals surface area contributed by atoms with Gasteiger partial charge in [-0.1, -0.05) is 49.4 Å². The summed E-state index contributed by atoms with van der Waals surface area (Å²) < 4.78 is -1.87. The fourth-order valence-electron chi connectivity index (χ4n) is 0.889. The van der Waals surface area contributed by atoms with E-state index >= 15 is 0 Å². The molecule has 0 saturated heterocycles. The number of alkyl halides is 3. The number of halogens is 3. The third kappa shape index (κ3) is 4.39. The first-order valence-corrected chi connectivity index (χ1v) is 5.37. The van der Waals surface area contributed by atoms with Crippen molar-refractivity contribution in [2.75, 3.05) is 0 Å². The van der Waals surface area contributed by atoms with Crippen LogP contribution in [0.1, 0.15) is 32.6 Å². The summed E-state index contributed by atoms with van der Waals surface area (Å²) in [5, 5.41) is 7.88. The Labute approximate surface area is 93.2 Å². The predicted octanol–water partition coefficient (Wildman–Crippen LogP) is 3.43. The van der Waals surface area contributed by atoms with E-state index in [1.54, 1.807) is 0 Å². The molecule has 0 radical (unpaired) electrons. The average Bonchev–Trinajstić information content (AvgIpc) is 2.04. The number of rotatable bonds is 6. The zero-order chi connectivity index (χ0) is 10.5. The van der Waals surface area contributed by atoms with E-state index in [1.807, 2.05) is 0 Å². The van der Waals surface area contributed by atoms with Crippen LogP contribution in [0.4, 0.5) is 0 Å². The van der Waals surface area contributed by atoms with Gasteiger partial charge in [-0.2, -0.15) is 0 Å². The van der Waals surface area contributed by atoms with Crippen molar-refractivity contribution in [2.24, 2.45) is 0 Å². The van der Waals surface area contributed by atoms with Gasteiger partial charge in [-0.15, -0.1) is 11.6 Å². The van der Waals surface area contributed by atoms with Gasteiger partial charge in [-0.3, -0.25) is 0 Å². The molecule has 1 atom stereocenters. The van der Waals surface area contributed by atoms with Crippen molar-refractivity contribution in [1.29, 1.82) is 0 Å². The maximum atomic E-state index is 10.5. The smallest absolute Gasteiger partial charge is 0.341 e. The van der Waals surface area contributed by atoms with Crippen LogP contribution in [0.5, 0.6) is 0 Å². The molecule has 0 aromatic carbocycles. The Morgan fingerprint density at radius 2 is 2.00 bits per heavy atom. The van der Waals surface area contributed by atoms with Crippen molar-refractivity contribution < 1.29 is 9.90 Å². The Morgan fingerprint density at radius 1 is 1.46 bits per heavy atom. The number of unbranched alkanes of at least 4 members (excludes halogenated alkanes) is 2. The van der Waals surface area contributed by atoms with Gasteiger partial charge in [0.15, 0.2) is 0 Å². The fraction of sp³-hybridized carbons (Fsp3) is 0.875. The van der Waals surface area contributed by atoms with Gasteiger partial charge in [-0.05, 0) is 6.42 Å². The molecule has 0 amide bonds. The lowest BCUT2D eigenvalue weighted by Crippen LogP contribution is -2.35. The van der Waals surface area contributed by atoms with Crippen LogP contribution in [-0.2, 0) is 4.79 Å². The van der Waals surface area contributed by atoms with Crippen molar-refractivity contribution in [3.63, 3.8) is 0 Å². The van der Waals surface area contributed by atoms with E-state index in [0.717, 1.165) is 19.3 Å². The molecule has 0 bridgehead atoms. The highest BCUT2D eigenvalue weighted by molar-refractivity contribution is 6.60. The number of hydrogen-bond acceptors (Lipinski definition) is 1. The number of hydrogen-bond donors (Lipinski definition) is 1. The Morgan fingerprint density at radius 3 is 2.38 bits per heavy atom. The molecule has 0 aromatic heterocycles. The molecule has 0 aliphatic carbocycles. The van der Waals surface area contributed by atoms with E-state index < -0.39 is 15.7 Å². The topological polar surface area (TPSA) is 37.3 Å². The largest absolute Gasteiger partial charge is 0.479 e. The molecule has 0 fully saturated rings. The first-order valence-electron chi connectivity index (χ1n) is 4.18. The average molecular weight is 248 g/mol. The minimum Gasteiger partial charge on any atom is -0.479 e. The maximum Gasteiger partial charge on any atom is 0.341 e. The summed E-state index contributed by atoms with van der Waals surface area (Å²) in [5.41, 5.74) is 0. The molecule has 0 spiro atoms. The molecule has 0 rings (SSSR count). The predicted molar refractivity (Wildman–Crippen MR) is 55.9 cm³/mol.